The van der Waals surface area contributed by atoms with Crippen LogP contribution in [0.1, 0.15) is 20.8 Å². The minimum absolute atomic E-state index is 0.209. The van der Waals surface area contributed by atoms with Gasteiger partial charge in [-0.1, -0.05) is 0 Å². The van der Waals surface area contributed by atoms with Crippen LogP contribution in [0.3, 0.4) is 0 Å². The van der Waals surface area contributed by atoms with Crippen LogP contribution in [0.5, 0.6) is 0 Å². The Morgan fingerprint density at radius 3 is 3.00 bits per heavy atom. The van der Waals surface area contributed by atoms with Crippen LogP contribution in [-0.2, 0) is 11.3 Å². The van der Waals surface area contributed by atoms with E-state index in [2.05, 4.69) is 10.4 Å². The summed E-state index contributed by atoms with van der Waals surface area (Å²) in [5, 5.41) is 17.3. The second-order valence-corrected chi connectivity index (χ2v) is 5.33. The quantitative estimate of drug-likeness (QED) is 0.797. The average molecular weight is 305 g/mol. The van der Waals surface area contributed by atoms with Gasteiger partial charge in [0.25, 0.3) is 5.91 Å². The molecule has 2 heterocycles. The lowest BCUT2D eigenvalue weighted by molar-refractivity contribution is -0.131. The van der Waals surface area contributed by atoms with Crippen molar-refractivity contribution in [2.24, 2.45) is 0 Å². The summed E-state index contributed by atoms with van der Waals surface area (Å²) in [6, 6.07) is 1.72. The fraction of sp³-hybridized carbons (Fsp3) is 0.214. The van der Waals surface area contributed by atoms with E-state index in [1.807, 2.05) is 13.1 Å². The third-order valence-corrected chi connectivity index (χ3v) is 3.63. The number of aromatic nitrogens is 2. The molecule has 0 spiro atoms. The first kappa shape index (κ1) is 15.0. The molecule has 0 unspecified atom stereocenters. The Hall–Kier alpha value is -2.41. The number of thiophene rings is 1. The number of carbonyl (C=O) groups excluding carboxylic acids is 1. The summed E-state index contributed by atoms with van der Waals surface area (Å²) in [7, 11) is 0. The minimum atomic E-state index is -1.04. The SMILES string of the molecule is Cc1cnn(CCNC(=O)c2sccc2/C=C/C(=O)O)c1. The molecule has 0 aliphatic rings. The molecule has 0 bridgehead atoms. The number of nitrogens with zero attached hydrogens (tertiary/aromatic N) is 2. The molecule has 0 saturated carbocycles. The number of carboxylic acid groups (broad SMARTS) is 1. The number of aliphatic carboxylic acids is 1. The molecule has 7 heteroatoms. The number of hydrogen-bond acceptors (Lipinski definition) is 4. The van der Waals surface area contributed by atoms with Crippen molar-refractivity contribution in [1.29, 1.82) is 0 Å². The average Bonchev–Trinajstić information content (AvgIpc) is 3.05. The second-order valence-electron chi connectivity index (χ2n) is 4.41. The molecule has 1 amide bonds. The first-order chi connectivity index (χ1) is 10.1. The largest absolute Gasteiger partial charge is 0.478 e. The second kappa shape index (κ2) is 6.85. The van der Waals surface area contributed by atoms with Gasteiger partial charge in [-0.25, -0.2) is 4.79 Å². The van der Waals surface area contributed by atoms with E-state index in [9.17, 15) is 9.59 Å². The normalized spacial score (nSPS) is 10.9. The van der Waals surface area contributed by atoms with Gasteiger partial charge in [0.15, 0.2) is 0 Å². The molecule has 6 nitrogen and oxygen atoms in total. The summed E-state index contributed by atoms with van der Waals surface area (Å²) >= 11 is 1.28. The molecule has 0 aliphatic carbocycles. The Morgan fingerprint density at radius 2 is 2.33 bits per heavy atom. The predicted octanol–water partition coefficient (Wildman–Crippen LogP) is 1.78. The van der Waals surface area contributed by atoms with Crippen LogP contribution < -0.4 is 5.32 Å². The van der Waals surface area contributed by atoms with E-state index in [0.717, 1.165) is 11.6 Å². The first-order valence-electron chi connectivity index (χ1n) is 6.32. The standard InChI is InChI=1S/C14H15N3O3S/c1-10-8-16-17(9-10)6-5-15-14(20)13-11(4-7-21-13)2-3-12(18)19/h2-4,7-9H,5-6H2,1H3,(H,15,20)(H,18,19)/b3-2+. The van der Waals surface area contributed by atoms with E-state index in [-0.39, 0.29) is 5.91 Å². The maximum absolute atomic E-state index is 12.1. The summed E-state index contributed by atoms with van der Waals surface area (Å²) in [5.41, 5.74) is 1.68. The van der Waals surface area contributed by atoms with Crippen LogP contribution in [0.4, 0.5) is 0 Å². The molecule has 2 rings (SSSR count). The number of amides is 1. The molecule has 0 aromatic carbocycles. The molecule has 110 valence electrons. The molecule has 0 atom stereocenters. The van der Waals surface area contributed by atoms with Crippen molar-refractivity contribution in [1.82, 2.24) is 15.1 Å². The van der Waals surface area contributed by atoms with Crippen molar-refractivity contribution >= 4 is 29.3 Å². The Morgan fingerprint density at radius 1 is 1.52 bits per heavy atom. The topological polar surface area (TPSA) is 84.2 Å². The fourth-order valence-electron chi connectivity index (χ4n) is 1.75. The summed E-state index contributed by atoms with van der Waals surface area (Å²) in [6.45, 7) is 3.00. The Balaban J connectivity index is 1.91. The van der Waals surface area contributed by atoms with Crippen LogP contribution in [-0.4, -0.2) is 33.3 Å². The van der Waals surface area contributed by atoms with Crippen molar-refractivity contribution in [2.75, 3.05) is 6.54 Å². The third-order valence-electron chi connectivity index (χ3n) is 2.70. The zero-order valence-corrected chi connectivity index (χ0v) is 12.3. The lowest BCUT2D eigenvalue weighted by Crippen LogP contribution is -2.27. The maximum atomic E-state index is 12.1. The molecule has 0 fully saturated rings. The molecule has 2 N–H and O–H groups in total. The summed E-state index contributed by atoms with van der Waals surface area (Å²) in [6.07, 6.45) is 6.10. The monoisotopic (exact) mass is 305 g/mol. The van der Waals surface area contributed by atoms with E-state index in [1.54, 1.807) is 22.3 Å². The van der Waals surface area contributed by atoms with Crippen LogP contribution in [0, 0.1) is 6.92 Å². The predicted molar refractivity (Wildman–Crippen MR) is 80.3 cm³/mol. The number of aryl methyl sites for hydroxylation is 1. The zero-order chi connectivity index (χ0) is 15.2. The number of rotatable bonds is 6. The first-order valence-corrected chi connectivity index (χ1v) is 7.20. The van der Waals surface area contributed by atoms with Crippen LogP contribution in [0.2, 0.25) is 0 Å². The van der Waals surface area contributed by atoms with E-state index in [4.69, 9.17) is 5.11 Å². The van der Waals surface area contributed by atoms with Crippen LogP contribution >= 0.6 is 11.3 Å². The number of nitrogens with one attached hydrogen (secondary N) is 1. The van der Waals surface area contributed by atoms with Gasteiger partial charge in [0.05, 0.1) is 17.6 Å². The van der Waals surface area contributed by atoms with Crippen LogP contribution in [0.25, 0.3) is 6.08 Å². The number of carbonyl (C=O) groups is 2. The lowest BCUT2D eigenvalue weighted by Gasteiger charge is -2.05. The molecule has 0 aliphatic heterocycles. The fourth-order valence-corrected chi connectivity index (χ4v) is 2.55. The highest BCUT2D eigenvalue weighted by Gasteiger charge is 2.11. The van der Waals surface area contributed by atoms with Gasteiger partial charge < -0.3 is 10.4 Å². The Kier molecular flexibility index (Phi) is 4.89. The van der Waals surface area contributed by atoms with Gasteiger partial charge in [-0.2, -0.15) is 5.10 Å². The molecule has 2 aromatic heterocycles. The van der Waals surface area contributed by atoms with E-state index in [0.29, 0.717) is 23.5 Å². The summed E-state index contributed by atoms with van der Waals surface area (Å²) < 4.78 is 1.76. The van der Waals surface area contributed by atoms with Gasteiger partial charge >= 0.3 is 5.97 Å². The van der Waals surface area contributed by atoms with Crippen molar-refractivity contribution < 1.29 is 14.7 Å². The van der Waals surface area contributed by atoms with Gasteiger partial charge in [0.1, 0.15) is 0 Å². The maximum Gasteiger partial charge on any atom is 0.328 e. The Labute approximate surface area is 125 Å². The molecule has 0 saturated heterocycles. The molecule has 21 heavy (non-hydrogen) atoms. The summed E-state index contributed by atoms with van der Waals surface area (Å²) in [4.78, 5) is 23.1. The molecular weight excluding hydrogens is 290 g/mol. The molecule has 0 radical (unpaired) electrons. The van der Waals surface area contributed by atoms with E-state index in [1.165, 1.54) is 17.4 Å². The van der Waals surface area contributed by atoms with Crippen LogP contribution in [0.15, 0.2) is 29.9 Å². The number of hydrogen-bond donors (Lipinski definition) is 2. The smallest absolute Gasteiger partial charge is 0.328 e. The van der Waals surface area contributed by atoms with Crippen molar-refractivity contribution in [2.45, 2.75) is 13.5 Å². The minimum Gasteiger partial charge on any atom is -0.478 e. The highest BCUT2D eigenvalue weighted by molar-refractivity contribution is 7.12. The third kappa shape index (κ3) is 4.28. The van der Waals surface area contributed by atoms with Crippen molar-refractivity contribution in [3.63, 3.8) is 0 Å². The van der Waals surface area contributed by atoms with Crippen molar-refractivity contribution in [3.8, 4) is 0 Å². The van der Waals surface area contributed by atoms with Gasteiger partial charge in [0, 0.05) is 18.8 Å². The van der Waals surface area contributed by atoms with Gasteiger partial charge in [0.2, 0.25) is 0 Å². The highest BCUT2D eigenvalue weighted by atomic mass is 32.1. The molecular formula is C14H15N3O3S. The lowest BCUT2D eigenvalue weighted by atomic mass is 10.2. The van der Waals surface area contributed by atoms with Gasteiger partial charge in [-0.15, -0.1) is 11.3 Å². The van der Waals surface area contributed by atoms with E-state index >= 15 is 0 Å². The van der Waals surface area contributed by atoms with E-state index < -0.39 is 5.97 Å². The van der Waals surface area contributed by atoms with Crippen molar-refractivity contribution in [3.05, 3.63) is 45.9 Å². The Bertz CT molecular complexity index is 673. The number of carboxylic acids is 1. The highest BCUT2D eigenvalue weighted by Crippen LogP contribution is 2.18. The van der Waals surface area contributed by atoms with Gasteiger partial charge in [-0.3, -0.25) is 9.48 Å². The zero-order valence-electron chi connectivity index (χ0n) is 11.4. The molecule has 2 aromatic rings. The van der Waals surface area contributed by atoms with Gasteiger partial charge in [-0.05, 0) is 35.6 Å². The summed E-state index contributed by atoms with van der Waals surface area (Å²) in [5.74, 6) is -1.25.